The van der Waals surface area contributed by atoms with E-state index in [1.807, 2.05) is 18.5 Å². The molecule has 4 heteroatoms. The molecule has 2 atom stereocenters. The second-order valence-corrected chi connectivity index (χ2v) is 5.27. The molecule has 1 aliphatic rings. The largest absolute Gasteiger partial charge is 0.383 e. The minimum absolute atomic E-state index is 0.140. The highest BCUT2D eigenvalue weighted by atomic mass is 16.5. The van der Waals surface area contributed by atoms with Gasteiger partial charge in [0.15, 0.2) is 0 Å². The first kappa shape index (κ1) is 14.4. The number of aromatic nitrogens is 1. The van der Waals surface area contributed by atoms with Crippen LogP contribution in [0, 0.1) is 0 Å². The molecule has 0 aliphatic heterocycles. The Hall–Kier alpha value is -0.970. The van der Waals surface area contributed by atoms with Gasteiger partial charge in [-0.25, -0.2) is 0 Å². The van der Waals surface area contributed by atoms with Crippen LogP contribution >= 0.6 is 0 Å². The van der Waals surface area contributed by atoms with Crippen LogP contribution in [0.2, 0.25) is 0 Å². The lowest BCUT2D eigenvalue weighted by Gasteiger charge is -2.35. The molecule has 1 fully saturated rings. The average Bonchev–Trinajstić information content (AvgIpc) is 3.28. The fourth-order valence-corrected chi connectivity index (χ4v) is 2.61. The second kappa shape index (κ2) is 6.98. The van der Waals surface area contributed by atoms with E-state index in [0.717, 1.165) is 19.6 Å². The Bertz CT molecular complexity index is 367. The van der Waals surface area contributed by atoms with Crippen molar-refractivity contribution in [2.24, 2.45) is 5.73 Å². The average molecular weight is 263 g/mol. The smallest absolute Gasteiger partial charge is 0.0590 e. The maximum absolute atomic E-state index is 6.38. The van der Waals surface area contributed by atoms with Crippen molar-refractivity contribution in [3.05, 3.63) is 30.1 Å². The number of pyridine rings is 1. The number of methoxy groups -OCH3 is 1. The standard InChI is InChI=1S/C15H25N3O/c1-3-14(16)15(12-5-4-8-17-11-12)18(9-10-19-2)13-6-7-13/h4-5,8,11,13-15H,3,6-7,9-10,16H2,1-2H3. The van der Waals surface area contributed by atoms with Crippen molar-refractivity contribution in [2.45, 2.75) is 44.3 Å². The Balaban J connectivity index is 2.19. The first-order valence-electron chi connectivity index (χ1n) is 7.18. The highest BCUT2D eigenvalue weighted by Crippen LogP contribution is 2.35. The predicted octanol–water partition coefficient (Wildman–Crippen LogP) is 1.97. The van der Waals surface area contributed by atoms with E-state index in [0.29, 0.717) is 6.04 Å². The van der Waals surface area contributed by atoms with Gasteiger partial charge in [-0.05, 0) is 30.9 Å². The van der Waals surface area contributed by atoms with Crippen LogP contribution in [-0.4, -0.2) is 42.2 Å². The summed E-state index contributed by atoms with van der Waals surface area (Å²) in [6.45, 7) is 3.84. The quantitative estimate of drug-likeness (QED) is 0.779. The van der Waals surface area contributed by atoms with Crippen LogP contribution in [0.3, 0.4) is 0 Å². The molecule has 0 saturated heterocycles. The molecule has 0 aromatic carbocycles. The lowest BCUT2D eigenvalue weighted by atomic mass is 9.97. The van der Waals surface area contributed by atoms with Crippen molar-refractivity contribution in [1.82, 2.24) is 9.88 Å². The summed E-state index contributed by atoms with van der Waals surface area (Å²) in [6.07, 6.45) is 7.28. The Morgan fingerprint density at radius 1 is 1.53 bits per heavy atom. The van der Waals surface area contributed by atoms with Crippen LogP contribution in [0.25, 0.3) is 0 Å². The van der Waals surface area contributed by atoms with E-state index >= 15 is 0 Å². The van der Waals surface area contributed by atoms with Crippen LogP contribution in [0.4, 0.5) is 0 Å². The van der Waals surface area contributed by atoms with E-state index in [9.17, 15) is 0 Å². The van der Waals surface area contributed by atoms with E-state index in [1.54, 1.807) is 7.11 Å². The van der Waals surface area contributed by atoms with Crippen molar-refractivity contribution < 1.29 is 4.74 Å². The van der Waals surface area contributed by atoms with Crippen LogP contribution in [0.1, 0.15) is 37.8 Å². The van der Waals surface area contributed by atoms with Gasteiger partial charge in [0, 0.05) is 38.1 Å². The van der Waals surface area contributed by atoms with Gasteiger partial charge in [0.05, 0.1) is 12.6 Å². The van der Waals surface area contributed by atoms with Crippen molar-refractivity contribution in [3.8, 4) is 0 Å². The first-order chi connectivity index (χ1) is 9.27. The van der Waals surface area contributed by atoms with Crippen LogP contribution in [0.5, 0.6) is 0 Å². The van der Waals surface area contributed by atoms with E-state index in [2.05, 4.69) is 22.9 Å². The molecule has 1 saturated carbocycles. The van der Waals surface area contributed by atoms with Gasteiger partial charge >= 0.3 is 0 Å². The predicted molar refractivity (Wildman–Crippen MR) is 76.8 cm³/mol. The Labute approximate surface area is 116 Å². The summed E-state index contributed by atoms with van der Waals surface area (Å²) in [4.78, 5) is 6.76. The molecule has 2 unspecified atom stereocenters. The van der Waals surface area contributed by atoms with Gasteiger partial charge in [-0.1, -0.05) is 13.0 Å². The zero-order chi connectivity index (χ0) is 13.7. The van der Waals surface area contributed by atoms with Gasteiger partial charge < -0.3 is 10.5 Å². The highest BCUT2D eigenvalue weighted by Gasteiger charge is 2.36. The Morgan fingerprint density at radius 2 is 2.32 bits per heavy atom. The molecule has 19 heavy (non-hydrogen) atoms. The SMILES string of the molecule is CCC(N)C(c1cccnc1)N(CCOC)C1CC1. The normalized spacial score (nSPS) is 18.5. The van der Waals surface area contributed by atoms with Crippen molar-refractivity contribution >= 4 is 0 Å². The number of nitrogens with two attached hydrogens (primary N) is 1. The van der Waals surface area contributed by atoms with Crippen molar-refractivity contribution in [2.75, 3.05) is 20.3 Å². The van der Waals surface area contributed by atoms with Gasteiger partial charge in [-0.2, -0.15) is 0 Å². The molecule has 0 spiro atoms. The maximum Gasteiger partial charge on any atom is 0.0590 e. The summed E-state index contributed by atoms with van der Waals surface area (Å²) in [5.41, 5.74) is 7.60. The number of nitrogens with zero attached hydrogens (tertiary/aromatic N) is 2. The van der Waals surface area contributed by atoms with Gasteiger partial charge in [0.25, 0.3) is 0 Å². The summed E-state index contributed by atoms with van der Waals surface area (Å²) >= 11 is 0. The number of rotatable bonds is 8. The molecular formula is C15H25N3O. The molecule has 1 aliphatic carbocycles. The van der Waals surface area contributed by atoms with Crippen LogP contribution < -0.4 is 5.73 Å². The second-order valence-electron chi connectivity index (χ2n) is 5.27. The van der Waals surface area contributed by atoms with Gasteiger partial charge in [-0.3, -0.25) is 9.88 Å². The zero-order valence-corrected chi connectivity index (χ0v) is 12.0. The maximum atomic E-state index is 6.38. The molecule has 1 aromatic rings. The molecule has 1 aromatic heterocycles. The minimum atomic E-state index is 0.140. The zero-order valence-electron chi connectivity index (χ0n) is 12.0. The Morgan fingerprint density at radius 3 is 2.84 bits per heavy atom. The summed E-state index contributed by atoms with van der Waals surface area (Å²) < 4.78 is 5.25. The molecule has 0 amide bonds. The molecular weight excluding hydrogens is 238 g/mol. The van der Waals surface area contributed by atoms with Crippen molar-refractivity contribution in [3.63, 3.8) is 0 Å². The monoisotopic (exact) mass is 263 g/mol. The van der Waals surface area contributed by atoms with Crippen LogP contribution in [0.15, 0.2) is 24.5 Å². The Kier molecular flexibility index (Phi) is 5.31. The van der Waals surface area contributed by atoms with Gasteiger partial charge in [0.1, 0.15) is 0 Å². The van der Waals surface area contributed by atoms with E-state index < -0.39 is 0 Å². The molecule has 4 nitrogen and oxygen atoms in total. The number of hydrogen-bond donors (Lipinski definition) is 1. The fourth-order valence-electron chi connectivity index (χ4n) is 2.61. The van der Waals surface area contributed by atoms with Crippen LogP contribution in [-0.2, 0) is 4.74 Å². The fraction of sp³-hybridized carbons (Fsp3) is 0.667. The molecule has 1 heterocycles. The third-order valence-electron chi connectivity index (χ3n) is 3.83. The lowest BCUT2D eigenvalue weighted by molar-refractivity contribution is 0.101. The van der Waals surface area contributed by atoms with Crippen molar-refractivity contribution in [1.29, 1.82) is 0 Å². The summed E-state index contributed by atoms with van der Waals surface area (Å²) in [6, 6.07) is 5.18. The lowest BCUT2D eigenvalue weighted by Crippen LogP contribution is -2.43. The summed E-state index contributed by atoms with van der Waals surface area (Å²) in [7, 11) is 1.75. The summed E-state index contributed by atoms with van der Waals surface area (Å²) in [5, 5.41) is 0. The molecule has 106 valence electrons. The van der Waals surface area contributed by atoms with Gasteiger partial charge in [0.2, 0.25) is 0 Å². The minimum Gasteiger partial charge on any atom is -0.383 e. The third-order valence-corrected chi connectivity index (χ3v) is 3.83. The molecule has 0 bridgehead atoms. The molecule has 2 N–H and O–H groups in total. The van der Waals surface area contributed by atoms with Gasteiger partial charge in [-0.15, -0.1) is 0 Å². The first-order valence-corrected chi connectivity index (χ1v) is 7.18. The number of hydrogen-bond acceptors (Lipinski definition) is 4. The summed E-state index contributed by atoms with van der Waals surface area (Å²) in [5.74, 6) is 0. The third kappa shape index (κ3) is 3.75. The van der Waals surface area contributed by atoms with E-state index in [4.69, 9.17) is 10.5 Å². The van der Waals surface area contributed by atoms with E-state index in [-0.39, 0.29) is 12.1 Å². The topological polar surface area (TPSA) is 51.4 Å². The molecule has 0 radical (unpaired) electrons. The molecule has 2 rings (SSSR count). The highest BCUT2D eigenvalue weighted by molar-refractivity contribution is 5.17. The number of ether oxygens (including phenoxy) is 1. The van der Waals surface area contributed by atoms with E-state index in [1.165, 1.54) is 18.4 Å².